The van der Waals surface area contributed by atoms with Crippen molar-refractivity contribution >= 4 is 35.3 Å². The monoisotopic (exact) mass is 439 g/mol. The molecular formula is C25H33N3O4. The van der Waals surface area contributed by atoms with E-state index in [-0.39, 0.29) is 5.91 Å². The predicted molar refractivity (Wildman–Crippen MR) is 127 cm³/mol. The molecule has 32 heavy (non-hydrogen) atoms. The van der Waals surface area contributed by atoms with Gasteiger partial charge in [-0.05, 0) is 42.5 Å². The molecule has 2 amide bonds. The van der Waals surface area contributed by atoms with E-state index in [1.807, 2.05) is 31.2 Å². The van der Waals surface area contributed by atoms with Crippen molar-refractivity contribution in [3.63, 3.8) is 0 Å². The summed E-state index contributed by atoms with van der Waals surface area (Å²) in [7, 11) is 0. The fourth-order valence-electron chi connectivity index (χ4n) is 3.45. The van der Waals surface area contributed by atoms with E-state index in [1.165, 1.54) is 22.5 Å². The van der Waals surface area contributed by atoms with Crippen molar-refractivity contribution in [3.8, 4) is 0 Å². The van der Waals surface area contributed by atoms with Gasteiger partial charge in [0.15, 0.2) is 0 Å². The molecule has 0 aromatic heterocycles. The van der Waals surface area contributed by atoms with Crippen molar-refractivity contribution in [1.82, 2.24) is 5.48 Å². The number of anilines is 2. The molecule has 172 valence electrons. The molecule has 7 heteroatoms. The Balaban J connectivity index is 0.000000344. The van der Waals surface area contributed by atoms with Gasteiger partial charge in [-0.1, -0.05) is 68.3 Å². The van der Waals surface area contributed by atoms with Gasteiger partial charge in [0.05, 0.1) is 0 Å². The summed E-state index contributed by atoms with van der Waals surface area (Å²) in [6, 6.07) is 16.7. The molecule has 3 rings (SSSR count). The zero-order valence-corrected chi connectivity index (χ0v) is 18.5. The molecule has 1 aliphatic heterocycles. The lowest BCUT2D eigenvalue weighted by Crippen LogP contribution is -2.27. The lowest BCUT2D eigenvalue weighted by molar-refractivity contribution is -0.129. The molecule has 0 spiro atoms. The second kappa shape index (κ2) is 13.3. The van der Waals surface area contributed by atoms with Crippen molar-refractivity contribution in [1.29, 1.82) is 0 Å². The number of aliphatic hydroxyl groups is 1. The average molecular weight is 440 g/mol. The highest BCUT2D eigenvalue weighted by Crippen LogP contribution is 2.36. The van der Waals surface area contributed by atoms with Crippen molar-refractivity contribution < 1.29 is 19.9 Å². The van der Waals surface area contributed by atoms with Gasteiger partial charge in [0.25, 0.3) is 0 Å². The lowest BCUT2D eigenvalue weighted by Gasteiger charge is -2.27. The Labute approximate surface area is 189 Å². The van der Waals surface area contributed by atoms with E-state index in [9.17, 15) is 9.59 Å². The number of carbonyl (C=O) groups is 2. The van der Waals surface area contributed by atoms with Crippen molar-refractivity contribution in [2.45, 2.75) is 51.6 Å². The van der Waals surface area contributed by atoms with E-state index < -0.39 is 12.0 Å². The number of fused-ring (bicyclic) bond motifs is 2. The van der Waals surface area contributed by atoms with Crippen LogP contribution in [0.2, 0.25) is 0 Å². The first-order valence-corrected chi connectivity index (χ1v) is 11.0. The zero-order chi connectivity index (χ0) is 23.3. The van der Waals surface area contributed by atoms with Crippen molar-refractivity contribution in [3.05, 3.63) is 59.7 Å². The van der Waals surface area contributed by atoms with Gasteiger partial charge >= 0.3 is 0 Å². The molecular weight excluding hydrogens is 406 g/mol. The largest absolute Gasteiger partial charge is 0.383 e. The van der Waals surface area contributed by atoms with Crippen molar-refractivity contribution in [2.24, 2.45) is 5.73 Å². The van der Waals surface area contributed by atoms with Gasteiger partial charge in [-0.3, -0.25) is 14.8 Å². The average Bonchev–Trinajstić information content (AvgIpc) is 2.97. The fourth-order valence-corrected chi connectivity index (χ4v) is 3.45. The molecule has 0 radical (unpaired) electrons. The van der Waals surface area contributed by atoms with Crippen LogP contribution in [0.1, 0.15) is 56.6 Å². The molecule has 1 aliphatic rings. The number of primary amides is 1. The van der Waals surface area contributed by atoms with Crippen LogP contribution in [-0.4, -0.2) is 34.8 Å². The number of hydroxylamine groups is 1. The second-order valence-electron chi connectivity index (χ2n) is 7.66. The number of rotatable bonds is 9. The maximum atomic E-state index is 11.1. The van der Waals surface area contributed by atoms with Gasteiger partial charge < -0.3 is 15.7 Å². The summed E-state index contributed by atoms with van der Waals surface area (Å²) in [5.41, 5.74) is 11.2. The van der Waals surface area contributed by atoms with E-state index in [0.29, 0.717) is 12.8 Å². The van der Waals surface area contributed by atoms with Crippen LogP contribution in [0.4, 0.5) is 11.4 Å². The number of benzene rings is 2. The zero-order valence-electron chi connectivity index (χ0n) is 18.5. The first-order valence-electron chi connectivity index (χ1n) is 11.0. The van der Waals surface area contributed by atoms with Crippen LogP contribution in [0, 0.1) is 0 Å². The quantitative estimate of drug-likeness (QED) is 0.268. The topological polar surface area (TPSA) is 116 Å². The van der Waals surface area contributed by atoms with Gasteiger partial charge in [-0.2, -0.15) is 0 Å². The Morgan fingerprint density at radius 3 is 2.03 bits per heavy atom. The highest BCUT2D eigenvalue weighted by atomic mass is 16.5. The highest BCUT2D eigenvalue weighted by Gasteiger charge is 2.17. The van der Waals surface area contributed by atoms with Gasteiger partial charge in [0.1, 0.15) is 6.10 Å². The first-order chi connectivity index (χ1) is 15.5. The number of hydrogen-bond acceptors (Lipinski definition) is 5. The number of para-hydroxylation sites is 2. The molecule has 0 saturated heterocycles. The number of carbonyl (C=O) groups excluding carboxylic acids is 2. The fraction of sp³-hybridized carbons (Fsp3) is 0.360. The van der Waals surface area contributed by atoms with Crippen LogP contribution in [-0.2, 0) is 9.59 Å². The molecule has 0 bridgehead atoms. The number of hydrogen-bond donors (Lipinski definition) is 4. The predicted octanol–water partition coefficient (Wildman–Crippen LogP) is 4.01. The summed E-state index contributed by atoms with van der Waals surface area (Å²) < 4.78 is 0. The van der Waals surface area contributed by atoms with E-state index in [2.05, 4.69) is 41.3 Å². The van der Waals surface area contributed by atoms with Crippen molar-refractivity contribution in [2.75, 3.05) is 11.4 Å². The summed E-state index contributed by atoms with van der Waals surface area (Å²) >= 11 is 0. The minimum atomic E-state index is -0.940. The lowest BCUT2D eigenvalue weighted by atomic mass is 10.1. The number of nitrogens with one attached hydrogen (secondary N) is 1. The molecule has 5 N–H and O–H groups in total. The maximum absolute atomic E-state index is 11.1. The summed E-state index contributed by atoms with van der Waals surface area (Å²) in [6.45, 7) is 2.82. The Morgan fingerprint density at radius 2 is 1.53 bits per heavy atom. The third-order valence-corrected chi connectivity index (χ3v) is 5.22. The van der Waals surface area contributed by atoms with Crippen LogP contribution in [0.15, 0.2) is 48.5 Å². The molecule has 2 aromatic rings. The first kappa shape index (κ1) is 25.1. The van der Waals surface area contributed by atoms with E-state index in [0.717, 1.165) is 32.2 Å². The molecule has 7 nitrogen and oxygen atoms in total. The van der Waals surface area contributed by atoms with Gasteiger partial charge in [0.2, 0.25) is 11.8 Å². The maximum Gasteiger partial charge on any atom is 0.246 e. The second-order valence-corrected chi connectivity index (χ2v) is 7.66. The van der Waals surface area contributed by atoms with E-state index >= 15 is 0 Å². The Kier molecular flexibility index (Phi) is 10.4. The summed E-state index contributed by atoms with van der Waals surface area (Å²) in [5.74, 6) is -0.952. The third-order valence-electron chi connectivity index (χ3n) is 5.22. The molecule has 0 saturated carbocycles. The number of unbranched alkanes of at least 4 members (excludes halogenated alkanes) is 2. The molecule has 1 heterocycles. The van der Waals surface area contributed by atoms with Crippen LogP contribution in [0.3, 0.4) is 0 Å². The Hall–Kier alpha value is -3.16. The summed E-state index contributed by atoms with van der Waals surface area (Å²) in [4.78, 5) is 23.6. The molecule has 0 aliphatic carbocycles. The third kappa shape index (κ3) is 7.51. The van der Waals surface area contributed by atoms with Gasteiger partial charge in [-0.15, -0.1) is 0 Å². The molecule has 1 atom stereocenters. The molecule has 1 unspecified atom stereocenters. The smallest absolute Gasteiger partial charge is 0.246 e. The SMILES string of the molecule is CCCCC(O)C(N)=O.O=C(CCCCN1c2ccccc2C=Cc2ccccc21)NO. The number of nitrogens with two attached hydrogens (primary N) is 1. The minimum Gasteiger partial charge on any atom is -0.383 e. The number of nitrogens with zero attached hydrogens (tertiary/aromatic N) is 1. The molecule has 2 aromatic carbocycles. The van der Waals surface area contributed by atoms with Crippen LogP contribution in [0.5, 0.6) is 0 Å². The Morgan fingerprint density at radius 1 is 0.969 bits per heavy atom. The van der Waals surface area contributed by atoms with Gasteiger partial charge in [-0.25, -0.2) is 5.48 Å². The number of aliphatic hydroxyl groups excluding tert-OH is 1. The Bertz CT molecular complexity index is 864. The molecule has 0 fully saturated rings. The van der Waals surface area contributed by atoms with Crippen LogP contribution >= 0.6 is 0 Å². The standard InChI is InChI=1S/C19H20N2O2.C6H13NO2/c22-19(20-23)11-5-6-14-21-17-9-3-1-7-15(17)12-13-16-8-2-4-10-18(16)21;1-2-3-4-5(8)6(7)9/h1-4,7-10,12-13,23H,5-6,11,14H2,(H,20,22);5,8H,2-4H2,1H3,(H2,7,9). The number of amides is 2. The minimum absolute atomic E-state index is 0.330. The summed E-state index contributed by atoms with van der Waals surface area (Å²) in [5, 5.41) is 17.3. The van der Waals surface area contributed by atoms with Crippen LogP contribution < -0.4 is 16.1 Å². The van der Waals surface area contributed by atoms with Crippen LogP contribution in [0.25, 0.3) is 12.2 Å². The normalized spacial score (nSPS) is 12.5. The highest BCUT2D eigenvalue weighted by molar-refractivity contribution is 5.88. The van der Waals surface area contributed by atoms with E-state index in [1.54, 1.807) is 5.48 Å². The van der Waals surface area contributed by atoms with Gasteiger partial charge in [0, 0.05) is 24.3 Å². The summed E-state index contributed by atoms with van der Waals surface area (Å²) in [6.07, 6.45) is 7.62. The van der Waals surface area contributed by atoms with E-state index in [4.69, 9.17) is 16.0 Å².